The van der Waals surface area contributed by atoms with Crippen molar-refractivity contribution in [1.82, 2.24) is 9.55 Å². The third-order valence-corrected chi connectivity index (χ3v) is 4.56. The van der Waals surface area contributed by atoms with E-state index < -0.39 is 0 Å². The van der Waals surface area contributed by atoms with Crippen LogP contribution < -0.4 is 0 Å². The van der Waals surface area contributed by atoms with Crippen molar-refractivity contribution in [2.75, 3.05) is 7.11 Å². The Bertz CT molecular complexity index is 890. The van der Waals surface area contributed by atoms with Gasteiger partial charge in [0, 0.05) is 40.5 Å². The van der Waals surface area contributed by atoms with Crippen LogP contribution in [-0.2, 0) is 11.8 Å². The van der Waals surface area contributed by atoms with Gasteiger partial charge >= 0.3 is 5.97 Å². The van der Waals surface area contributed by atoms with Crippen LogP contribution in [0.1, 0.15) is 21.7 Å². The fourth-order valence-corrected chi connectivity index (χ4v) is 3.26. The van der Waals surface area contributed by atoms with E-state index in [9.17, 15) is 4.79 Å². The highest BCUT2D eigenvalue weighted by Gasteiger charge is 2.26. The Balaban J connectivity index is 2.43. The molecule has 2 heterocycles. The molecule has 0 aliphatic carbocycles. The van der Waals surface area contributed by atoms with Gasteiger partial charge in [-0.1, -0.05) is 29.8 Å². The first-order valence-electron chi connectivity index (χ1n) is 6.98. The number of halogens is 1. The van der Waals surface area contributed by atoms with Crippen LogP contribution >= 0.6 is 11.6 Å². The summed E-state index contributed by atoms with van der Waals surface area (Å²) < 4.78 is 6.96. The topological polar surface area (TPSA) is 47.0 Å². The zero-order valence-electron chi connectivity index (χ0n) is 13.0. The SMILES string of the molecule is COC(=O)c1c(-c2c(Cl)[nH]c3ccccc23)c(C)n(C)c1C. The van der Waals surface area contributed by atoms with Gasteiger partial charge in [0.15, 0.2) is 0 Å². The summed E-state index contributed by atoms with van der Waals surface area (Å²) in [6.45, 7) is 3.89. The molecular weight excluding hydrogens is 300 g/mol. The predicted octanol–water partition coefficient (Wildman–Crippen LogP) is 4.23. The first-order valence-corrected chi connectivity index (χ1v) is 7.36. The number of aromatic nitrogens is 2. The predicted molar refractivity (Wildman–Crippen MR) is 88.5 cm³/mol. The minimum Gasteiger partial charge on any atom is -0.465 e. The van der Waals surface area contributed by atoms with Crippen LogP contribution in [0.25, 0.3) is 22.0 Å². The van der Waals surface area contributed by atoms with Gasteiger partial charge in [-0.15, -0.1) is 0 Å². The van der Waals surface area contributed by atoms with Crippen molar-refractivity contribution < 1.29 is 9.53 Å². The molecule has 0 spiro atoms. The van der Waals surface area contributed by atoms with Gasteiger partial charge in [-0.25, -0.2) is 4.79 Å². The van der Waals surface area contributed by atoms with E-state index in [0.29, 0.717) is 10.7 Å². The number of carbonyl (C=O) groups is 1. The van der Waals surface area contributed by atoms with Crippen LogP contribution in [-0.4, -0.2) is 22.6 Å². The van der Waals surface area contributed by atoms with Crippen LogP contribution in [0.2, 0.25) is 5.15 Å². The van der Waals surface area contributed by atoms with Crippen molar-refractivity contribution >= 4 is 28.5 Å². The minimum atomic E-state index is -0.349. The molecule has 3 rings (SSSR count). The smallest absolute Gasteiger partial charge is 0.340 e. The van der Waals surface area contributed by atoms with Crippen molar-refractivity contribution in [3.63, 3.8) is 0 Å². The Morgan fingerprint density at radius 1 is 1.18 bits per heavy atom. The number of hydrogen-bond donors (Lipinski definition) is 1. The quantitative estimate of drug-likeness (QED) is 0.719. The van der Waals surface area contributed by atoms with Crippen molar-refractivity contribution in [2.24, 2.45) is 7.05 Å². The zero-order chi connectivity index (χ0) is 16.0. The van der Waals surface area contributed by atoms with Gasteiger partial charge in [0.25, 0.3) is 0 Å². The molecule has 0 atom stereocenters. The van der Waals surface area contributed by atoms with Crippen LogP contribution in [0.3, 0.4) is 0 Å². The standard InChI is InChI=1S/C17H17ClN2O2/c1-9-13(14(17(21)22-4)10(2)20(9)3)15-11-7-5-6-8-12(11)19-16(15)18/h5-8,19H,1-4H3. The van der Waals surface area contributed by atoms with E-state index in [1.807, 2.05) is 49.7 Å². The second kappa shape index (κ2) is 5.21. The number of esters is 1. The summed E-state index contributed by atoms with van der Waals surface area (Å²) in [7, 11) is 3.33. The molecule has 0 fully saturated rings. The van der Waals surface area contributed by atoms with Crippen LogP contribution in [0.4, 0.5) is 0 Å². The summed E-state index contributed by atoms with van der Waals surface area (Å²) in [4.78, 5) is 15.4. The summed E-state index contributed by atoms with van der Waals surface area (Å²) in [5.74, 6) is -0.349. The molecule has 0 radical (unpaired) electrons. The molecule has 4 nitrogen and oxygen atoms in total. The lowest BCUT2D eigenvalue weighted by Crippen LogP contribution is -2.04. The van der Waals surface area contributed by atoms with Crippen molar-refractivity contribution in [3.05, 3.63) is 46.4 Å². The molecule has 1 N–H and O–H groups in total. The minimum absolute atomic E-state index is 0.349. The molecular formula is C17H17ClN2O2. The Labute approximate surface area is 133 Å². The molecule has 0 amide bonds. The molecule has 0 aliphatic heterocycles. The average molecular weight is 317 g/mol. The first-order chi connectivity index (χ1) is 10.5. The van der Waals surface area contributed by atoms with Crippen molar-refractivity contribution in [3.8, 4) is 11.1 Å². The molecule has 114 valence electrons. The van der Waals surface area contributed by atoms with Crippen LogP contribution in [0.15, 0.2) is 24.3 Å². The maximum atomic E-state index is 12.3. The van der Waals surface area contributed by atoms with E-state index in [1.54, 1.807) is 0 Å². The number of hydrogen-bond acceptors (Lipinski definition) is 2. The van der Waals surface area contributed by atoms with E-state index in [1.165, 1.54) is 7.11 Å². The molecule has 0 saturated carbocycles. The lowest BCUT2D eigenvalue weighted by atomic mass is 10.00. The molecule has 5 heteroatoms. The van der Waals surface area contributed by atoms with Gasteiger partial charge in [0.05, 0.1) is 12.7 Å². The highest BCUT2D eigenvalue weighted by Crippen LogP contribution is 2.41. The lowest BCUT2D eigenvalue weighted by molar-refractivity contribution is 0.0600. The molecule has 0 unspecified atom stereocenters. The third kappa shape index (κ3) is 1.95. The number of carbonyl (C=O) groups excluding carboxylic acids is 1. The van der Waals surface area contributed by atoms with Gasteiger partial charge in [-0.05, 0) is 19.9 Å². The molecule has 3 aromatic rings. The van der Waals surface area contributed by atoms with Crippen molar-refractivity contribution in [1.29, 1.82) is 0 Å². The Morgan fingerprint density at radius 2 is 1.86 bits per heavy atom. The summed E-state index contributed by atoms with van der Waals surface area (Å²) >= 11 is 6.44. The number of nitrogens with zero attached hydrogens (tertiary/aromatic N) is 1. The average Bonchev–Trinajstić information content (AvgIpc) is 2.95. The first kappa shape index (κ1) is 14.7. The van der Waals surface area contributed by atoms with Gasteiger partial charge in [-0.3, -0.25) is 0 Å². The van der Waals surface area contributed by atoms with E-state index in [0.717, 1.165) is 33.4 Å². The number of aromatic amines is 1. The Morgan fingerprint density at radius 3 is 2.55 bits per heavy atom. The largest absolute Gasteiger partial charge is 0.465 e. The molecule has 0 aliphatic rings. The van der Waals surface area contributed by atoms with Gasteiger partial charge < -0.3 is 14.3 Å². The highest BCUT2D eigenvalue weighted by molar-refractivity contribution is 6.35. The van der Waals surface area contributed by atoms with Crippen LogP contribution in [0.5, 0.6) is 0 Å². The maximum Gasteiger partial charge on any atom is 0.340 e. The summed E-state index contributed by atoms with van der Waals surface area (Å²) in [6, 6.07) is 7.87. The molecule has 2 aromatic heterocycles. The summed E-state index contributed by atoms with van der Waals surface area (Å²) in [5, 5.41) is 1.52. The number of methoxy groups -OCH3 is 1. The summed E-state index contributed by atoms with van der Waals surface area (Å²) in [5.41, 5.74) is 5.02. The number of nitrogens with one attached hydrogen (secondary N) is 1. The monoisotopic (exact) mass is 316 g/mol. The number of para-hydroxylation sites is 1. The lowest BCUT2D eigenvalue weighted by Gasteiger charge is -2.05. The number of benzene rings is 1. The fourth-order valence-electron chi connectivity index (χ4n) is 2.96. The van der Waals surface area contributed by atoms with Gasteiger partial charge in [0.1, 0.15) is 5.15 Å². The van der Waals surface area contributed by atoms with E-state index in [-0.39, 0.29) is 5.97 Å². The number of H-pyrrole nitrogens is 1. The van der Waals surface area contributed by atoms with E-state index in [4.69, 9.17) is 16.3 Å². The number of ether oxygens (including phenoxy) is 1. The Hall–Kier alpha value is -2.20. The molecule has 22 heavy (non-hydrogen) atoms. The third-order valence-electron chi connectivity index (χ3n) is 4.28. The fraction of sp³-hybridized carbons (Fsp3) is 0.235. The number of rotatable bonds is 2. The molecule has 0 saturated heterocycles. The second-order valence-corrected chi connectivity index (χ2v) is 5.71. The van der Waals surface area contributed by atoms with Gasteiger partial charge in [0.2, 0.25) is 0 Å². The van der Waals surface area contributed by atoms with Crippen LogP contribution in [0, 0.1) is 13.8 Å². The Kier molecular flexibility index (Phi) is 3.49. The normalized spacial score (nSPS) is 11.1. The van der Waals surface area contributed by atoms with E-state index in [2.05, 4.69) is 4.98 Å². The second-order valence-electron chi connectivity index (χ2n) is 5.33. The van der Waals surface area contributed by atoms with Gasteiger partial charge in [-0.2, -0.15) is 0 Å². The zero-order valence-corrected chi connectivity index (χ0v) is 13.7. The maximum absolute atomic E-state index is 12.3. The highest BCUT2D eigenvalue weighted by atomic mass is 35.5. The summed E-state index contributed by atoms with van der Waals surface area (Å²) in [6.07, 6.45) is 0. The van der Waals surface area contributed by atoms with Crippen molar-refractivity contribution in [2.45, 2.75) is 13.8 Å². The van der Waals surface area contributed by atoms with E-state index >= 15 is 0 Å². The molecule has 0 bridgehead atoms. The molecule has 1 aromatic carbocycles. The number of fused-ring (bicyclic) bond motifs is 1.